The number of fused-ring (bicyclic) bond motifs is 3. The lowest BCUT2D eigenvalue weighted by Gasteiger charge is -1.96. The molecule has 5 heterocycles. The maximum absolute atomic E-state index is 12.2. The number of carbonyl (C=O) groups is 2. The van der Waals surface area contributed by atoms with E-state index in [9.17, 15) is 9.59 Å². The van der Waals surface area contributed by atoms with Gasteiger partial charge in [-0.3, -0.25) is 19.6 Å². The van der Waals surface area contributed by atoms with Crippen LogP contribution in [0.5, 0.6) is 0 Å². The van der Waals surface area contributed by atoms with Gasteiger partial charge in [-0.05, 0) is 36.4 Å². The molecule has 152 valence electrons. The molecule has 0 bridgehead atoms. The molecular weight excluding hydrogens is 390 g/mol. The number of para-hydroxylation sites is 1. The first-order valence-electron chi connectivity index (χ1n) is 9.86. The second-order valence-corrected chi connectivity index (χ2v) is 7.35. The van der Waals surface area contributed by atoms with Gasteiger partial charge in [0.1, 0.15) is 0 Å². The van der Waals surface area contributed by atoms with Crippen molar-refractivity contribution < 1.29 is 9.59 Å². The van der Waals surface area contributed by atoms with Crippen LogP contribution >= 0.6 is 0 Å². The Morgan fingerprint density at radius 2 is 1.71 bits per heavy atom. The SMILES string of the molecule is Cn1cc(C=C2C(=O)Nc3cccnc32)c2ccccc21.O=C1Cc2ncccc2N1. The summed E-state index contributed by atoms with van der Waals surface area (Å²) < 4.78 is 2.06. The van der Waals surface area contributed by atoms with Gasteiger partial charge in [0.15, 0.2) is 0 Å². The van der Waals surface area contributed by atoms with E-state index >= 15 is 0 Å². The summed E-state index contributed by atoms with van der Waals surface area (Å²) in [4.78, 5) is 31.2. The lowest BCUT2D eigenvalue weighted by Crippen LogP contribution is -2.03. The number of anilines is 2. The van der Waals surface area contributed by atoms with E-state index in [1.807, 2.05) is 55.7 Å². The zero-order chi connectivity index (χ0) is 21.4. The molecule has 2 amide bonds. The smallest absolute Gasteiger partial charge is 0.258 e. The number of amides is 2. The number of hydrogen-bond donors (Lipinski definition) is 2. The number of nitrogens with one attached hydrogen (secondary N) is 2. The fourth-order valence-electron chi connectivity index (χ4n) is 3.83. The molecule has 7 heteroatoms. The highest BCUT2D eigenvalue weighted by Gasteiger charge is 2.25. The molecule has 6 rings (SSSR count). The second-order valence-electron chi connectivity index (χ2n) is 7.35. The van der Waals surface area contributed by atoms with Gasteiger partial charge in [0, 0.05) is 42.1 Å². The summed E-state index contributed by atoms with van der Waals surface area (Å²) in [5.41, 5.74) is 5.98. The van der Waals surface area contributed by atoms with Crippen LogP contribution in [0.15, 0.2) is 67.1 Å². The van der Waals surface area contributed by atoms with Crippen molar-refractivity contribution in [3.63, 3.8) is 0 Å². The van der Waals surface area contributed by atoms with Crippen molar-refractivity contribution in [3.05, 3.63) is 84.1 Å². The molecule has 0 saturated heterocycles. The van der Waals surface area contributed by atoms with Gasteiger partial charge < -0.3 is 15.2 Å². The lowest BCUT2D eigenvalue weighted by atomic mass is 10.1. The van der Waals surface area contributed by atoms with Crippen molar-refractivity contribution >= 4 is 45.7 Å². The molecule has 3 aromatic heterocycles. The topological polar surface area (TPSA) is 88.9 Å². The molecule has 0 spiro atoms. The number of aryl methyl sites for hydroxylation is 1. The second kappa shape index (κ2) is 7.53. The van der Waals surface area contributed by atoms with Crippen LogP contribution in [0, 0.1) is 0 Å². The van der Waals surface area contributed by atoms with E-state index in [1.54, 1.807) is 12.4 Å². The molecule has 0 radical (unpaired) electrons. The van der Waals surface area contributed by atoms with Crippen molar-refractivity contribution in [1.82, 2.24) is 14.5 Å². The molecule has 2 aliphatic rings. The summed E-state index contributed by atoms with van der Waals surface area (Å²) in [7, 11) is 2.01. The Morgan fingerprint density at radius 3 is 2.55 bits per heavy atom. The predicted molar refractivity (Wildman–Crippen MR) is 120 cm³/mol. The zero-order valence-electron chi connectivity index (χ0n) is 16.8. The Morgan fingerprint density at radius 1 is 0.935 bits per heavy atom. The average molecular weight is 409 g/mol. The Hall–Kier alpha value is -4.26. The molecular formula is C24H19N5O2. The molecule has 2 N–H and O–H groups in total. The van der Waals surface area contributed by atoms with Gasteiger partial charge >= 0.3 is 0 Å². The maximum atomic E-state index is 12.2. The van der Waals surface area contributed by atoms with Gasteiger partial charge in [0.05, 0.1) is 34.8 Å². The first-order valence-corrected chi connectivity index (χ1v) is 9.86. The van der Waals surface area contributed by atoms with E-state index in [1.165, 1.54) is 0 Å². The largest absolute Gasteiger partial charge is 0.350 e. The van der Waals surface area contributed by atoms with Gasteiger partial charge in [-0.2, -0.15) is 0 Å². The number of rotatable bonds is 1. The summed E-state index contributed by atoms with van der Waals surface area (Å²) in [6.07, 6.45) is 7.77. The number of nitrogens with zero attached hydrogens (tertiary/aromatic N) is 3. The molecule has 7 nitrogen and oxygen atoms in total. The Kier molecular flexibility index (Phi) is 4.55. The molecule has 1 aromatic carbocycles. The highest BCUT2D eigenvalue weighted by molar-refractivity contribution is 6.34. The summed E-state index contributed by atoms with van der Waals surface area (Å²) in [5, 5.41) is 6.67. The molecule has 0 fully saturated rings. The lowest BCUT2D eigenvalue weighted by molar-refractivity contribution is -0.115. The van der Waals surface area contributed by atoms with Crippen molar-refractivity contribution in [3.8, 4) is 0 Å². The quantitative estimate of drug-likeness (QED) is 0.470. The summed E-state index contributed by atoms with van der Waals surface area (Å²) >= 11 is 0. The number of carbonyl (C=O) groups excluding carboxylic acids is 2. The van der Waals surface area contributed by atoms with E-state index in [2.05, 4.69) is 37.3 Å². The standard InChI is InChI=1S/C17H13N3O.C7H6N2O/c1-20-10-11(12-5-2-3-7-15(12)20)9-13-16-14(19-17(13)21)6-4-8-18-16;10-7-4-6-5(9-7)2-1-3-8-6/h2-10H,1H3,(H,19,21);1-3H,4H2,(H,9,10). The monoisotopic (exact) mass is 409 g/mol. The Labute approximate surface area is 178 Å². The summed E-state index contributed by atoms with van der Waals surface area (Å²) in [6, 6.07) is 15.5. The predicted octanol–water partition coefficient (Wildman–Crippen LogP) is 3.64. The number of aromatic nitrogens is 3. The minimum absolute atomic E-state index is 0.0358. The van der Waals surface area contributed by atoms with Crippen LogP contribution in [0.25, 0.3) is 22.6 Å². The third-order valence-electron chi connectivity index (χ3n) is 5.28. The van der Waals surface area contributed by atoms with Crippen LogP contribution in [-0.4, -0.2) is 26.3 Å². The van der Waals surface area contributed by atoms with E-state index in [-0.39, 0.29) is 11.8 Å². The number of benzene rings is 1. The zero-order valence-corrected chi connectivity index (χ0v) is 16.8. The van der Waals surface area contributed by atoms with Gasteiger partial charge in [-0.25, -0.2) is 0 Å². The molecule has 0 atom stereocenters. The Bertz CT molecular complexity index is 1340. The van der Waals surface area contributed by atoms with E-state index in [0.717, 1.165) is 39.2 Å². The van der Waals surface area contributed by atoms with Crippen LogP contribution in [0.3, 0.4) is 0 Å². The molecule has 0 unspecified atom stereocenters. The summed E-state index contributed by atoms with van der Waals surface area (Å²) in [5.74, 6) is -0.0645. The molecule has 31 heavy (non-hydrogen) atoms. The fourth-order valence-corrected chi connectivity index (χ4v) is 3.83. The van der Waals surface area contributed by atoms with Crippen molar-refractivity contribution in [2.75, 3.05) is 10.6 Å². The van der Waals surface area contributed by atoms with Gasteiger partial charge in [0.25, 0.3) is 5.91 Å². The van der Waals surface area contributed by atoms with Crippen LogP contribution in [-0.2, 0) is 23.1 Å². The molecule has 0 aliphatic carbocycles. The van der Waals surface area contributed by atoms with Crippen molar-refractivity contribution in [2.45, 2.75) is 6.42 Å². The van der Waals surface area contributed by atoms with Gasteiger partial charge in [0.2, 0.25) is 5.91 Å². The summed E-state index contributed by atoms with van der Waals surface area (Å²) in [6.45, 7) is 0. The van der Waals surface area contributed by atoms with E-state index in [0.29, 0.717) is 12.0 Å². The van der Waals surface area contributed by atoms with Gasteiger partial charge in [-0.1, -0.05) is 18.2 Å². The van der Waals surface area contributed by atoms with Crippen molar-refractivity contribution in [2.24, 2.45) is 7.05 Å². The van der Waals surface area contributed by atoms with Crippen LogP contribution in [0.4, 0.5) is 11.4 Å². The highest BCUT2D eigenvalue weighted by Crippen LogP contribution is 2.32. The minimum Gasteiger partial charge on any atom is -0.350 e. The highest BCUT2D eigenvalue weighted by atomic mass is 16.2. The van der Waals surface area contributed by atoms with E-state index < -0.39 is 0 Å². The minimum atomic E-state index is -0.100. The molecule has 0 saturated carbocycles. The molecule has 4 aromatic rings. The first kappa shape index (κ1) is 18.7. The van der Waals surface area contributed by atoms with E-state index in [4.69, 9.17) is 0 Å². The first-order chi connectivity index (χ1) is 15.1. The van der Waals surface area contributed by atoms with Crippen molar-refractivity contribution in [1.29, 1.82) is 0 Å². The average Bonchev–Trinajstić information content (AvgIpc) is 3.42. The van der Waals surface area contributed by atoms with Gasteiger partial charge in [-0.15, -0.1) is 0 Å². The van der Waals surface area contributed by atoms with Crippen LogP contribution in [0.1, 0.15) is 17.0 Å². The Balaban J connectivity index is 0.000000171. The number of hydrogen-bond acceptors (Lipinski definition) is 4. The fraction of sp³-hybridized carbons (Fsp3) is 0.0833. The third-order valence-corrected chi connectivity index (χ3v) is 5.28. The van der Waals surface area contributed by atoms with Crippen LogP contribution in [0.2, 0.25) is 0 Å². The van der Waals surface area contributed by atoms with Crippen LogP contribution < -0.4 is 10.6 Å². The normalized spacial score (nSPS) is 15.2. The molecule has 2 aliphatic heterocycles. The third kappa shape index (κ3) is 3.46. The maximum Gasteiger partial charge on any atom is 0.258 e. The number of pyridine rings is 2.